The lowest BCUT2D eigenvalue weighted by Crippen LogP contribution is -2.37. The van der Waals surface area contributed by atoms with E-state index in [1.807, 2.05) is 33.2 Å². The second-order valence-electron chi connectivity index (χ2n) is 4.06. The van der Waals surface area contributed by atoms with E-state index in [9.17, 15) is 5.11 Å². The van der Waals surface area contributed by atoms with E-state index in [0.717, 1.165) is 13.0 Å². The van der Waals surface area contributed by atoms with E-state index in [-0.39, 0.29) is 0 Å². The van der Waals surface area contributed by atoms with Gasteiger partial charge in [-0.1, -0.05) is 6.92 Å². The Labute approximate surface area is 85.7 Å². The van der Waals surface area contributed by atoms with Gasteiger partial charge in [0.1, 0.15) is 0 Å². The maximum absolute atomic E-state index is 9.75. The van der Waals surface area contributed by atoms with Crippen molar-refractivity contribution < 1.29 is 5.11 Å². The maximum atomic E-state index is 9.75. The third-order valence-corrected chi connectivity index (χ3v) is 2.62. The molecule has 1 unspecified atom stereocenters. The van der Waals surface area contributed by atoms with Crippen molar-refractivity contribution in [1.29, 1.82) is 0 Å². The van der Waals surface area contributed by atoms with E-state index in [1.165, 1.54) is 5.69 Å². The number of nitrogens with zero attached hydrogens (tertiary/aromatic N) is 1. The molecule has 0 aliphatic carbocycles. The van der Waals surface area contributed by atoms with Crippen LogP contribution in [0, 0.1) is 0 Å². The zero-order chi connectivity index (χ0) is 10.6. The van der Waals surface area contributed by atoms with Crippen LogP contribution >= 0.6 is 0 Å². The van der Waals surface area contributed by atoms with E-state index in [1.54, 1.807) is 0 Å². The summed E-state index contributed by atoms with van der Waals surface area (Å²) in [5, 5.41) is 13.0. The van der Waals surface area contributed by atoms with Crippen molar-refractivity contribution in [1.82, 2.24) is 9.88 Å². The predicted octanol–water partition coefficient (Wildman–Crippen LogP) is 1.28. The topological polar surface area (TPSA) is 37.2 Å². The van der Waals surface area contributed by atoms with Gasteiger partial charge < -0.3 is 15.0 Å². The molecule has 3 heteroatoms. The lowest BCUT2D eigenvalue weighted by atomic mass is 10.0. The lowest BCUT2D eigenvalue weighted by molar-refractivity contribution is 0.0554. The summed E-state index contributed by atoms with van der Waals surface area (Å²) in [6.07, 6.45) is 2.79. The first kappa shape index (κ1) is 11.3. The zero-order valence-corrected chi connectivity index (χ0v) is 9.25. The minimum Gasteiger partial charge on any atom is -0.389 e. The molecule has 0 fully saturated rings. The van der Waals surface area contributed by atoms with E-state index in [0.29, 0.717) is 6.54 Å². The largest absolute Gasteiger partial charge is 0.389 e. The number of hydrogen-bond donors (Lipinski definition) is 2. The van der Waals surface area contributed by atoms with Gasteiger partial charge in [0.2, 0.25) is 0 Å². The van der Waals surface area contributed by atoms with Crippen LogP contribution in [0.5, 0.6) is 0 Å². The van der Waals surface area contributed by atoms with Crippen molar-refractivity contribution in [2.75, 3.05) is 6.54 Å². The van der Waals surface area contributed by atoms with Crippen molar-refractivity contribution in [3.05, 3.63) is 24.0 Å². The highest BCUT2D eigenvalue weighted by Gasteiger charge is 2.16. The third-order valence-electron chi connectivity index (χ3n) is 2.62. The molecule has 3 nitrogen and oxygen atoms in total. The Bertz CT molecular complexity index is 279. The fourth-order valence-corrected chi connectivity index (χ4v) is 1.27. The van der Waals surface area contributed by atoms with Crippen molar-refractivity contribution in [2.24, 2.45) is 7.05 Å². The highest BCUT2D eigenvalue weighted by Crippen LogP contribution is 2.06. The van der Waals surface area contributed by atoms with Crippen molar-refractivity contribution >= 4 is 0 Å². The molecule has 14 heavy (non-hydrogen) atoms. The molecule has 1 aromatic rings. The second-order valence-corrected chi connectivity index (χ2v) is 4.06. The first-order valence-electron chi connectivity index (χ1n) is 5.08. The minimum absolute atomic E-state index is 0.592. The van der Waals surface area contributed by atoms with Gasteiger partial charge in [-0.3, -0.25) is 0 Å². The Hall–Kier alpha value is -0.800. The lowest BCUT2D eigenvalue weighted by Gasteiger charge is -2.21. The maximum Gasteiger partial charge on any atom is 0.0741 e. The second kappa shape index (κ2) is 4.62. The van der Waals surface area contributed by atoms with Crippen molar-refractivity contribution in [3.8, 4) is 0 Å². The molecule has 0 amide bonds. The SMILES string of the molecule is CCC(C)(O)CNCc1cccn1C. The number of nitrogens with one attached hydrogen (secondary N) is 1. The van der Waals surface area contributed by atoms with Gasteiger partial charge in [-0.05, 0) is 25.5 Å². The first-order valence-corrected chi connectivity index (χ1v) is 5.08. The number of hydrogen-bond acceptors (Lipinski definition) is 2. The molecule has 0 aliphatic heterocycles. The number of aliphatic hydroxyl groups is 1. The normalized spacial score (nSPS) is 15.4. The molecule has 2 N–H and O–H groups in total. The molecule has 1 aromatic heterocycles. The summed E-state index contributed by atoms with van der Waals surface area (Å²) in [4.78, 5) is 0. The highest BCUT2D eigenvalue weighted by atomic mass is 16.3. The molecular formula is C11H20N2O. The molecule has 0 bridgehead atoms. The van der Waals surface area contributed by atoms with Gasteiger partial charge in [-0.2, -0.15) is 0 Å². The van der Waals surface area contributed by atoms with Crippen LogP contribution in [-0.4, -0.2) is 21.8 Å². The molecule has 0 spiro atoms. The molecule has 0 aromatic carbocycles. The summed E-state index contributed by atoms with van der Waals surface area (Å²) >= 11 is 0. The molecule has 0 saturated heterocycles. The summed E-state index contributed by atoms with van der Waals surface area (Å²) in [6, 6.07) is 4.10. The standard InChI is InChI=1S/C11H20N2O/c1-4-11(2,14)9-12-8-10-6-5-7-13(10)3/h5-7,12,14H,4,8-9H2,1-3H3. The van der Waals surface area contributed by atoms with E-state index >= 15 is 0 Å². The summed E-state index contributed by atoms with van der Waals surface area (Å²) in [7, 11) is 2.02. The quantitative estimate of drug-likeness (QED) is 0.744. The van der Waals surface area contributed by atoms with Crippen LogP contribution in [0.1, 0.15) is 26.0 Å². The Kier molecular flexibility index (Phi) is 3.72. The number of rotatable bonds is 5. The molecule has 1 heterocycles. The van der Waals surface area contributed by atoms with Crippen molar-refractivity contribution in [2.45, 2.75) is 32.4 Å². The van der Waals surface area contributed by atoms with E-state index in [4.69, 9.17) is 0 Å². The van der Waals surface area contributed by atoms with Crippen LogP contribution in [0.2, 0.25) is 0 Å². The van der Waals surface area contributed by atoms with Crippen LogP contribution in [0.15, 0.2) is 18.3 Å². The predicted molar refractivity (Wildman–Crippen MR) is 58.0 cm³/mol. The van der Waals surface area contributed by atoms with Crippen LogP contribution in [0.3, 0.4) is 0 Å². The van der Waals surface area contributed by atoms with Gasteiger partial charge in [0.25, 0.3) is 0 Å². The summed E-state index contributed by atoms with van der Waals surface area (Å²) in [5.74, 6) is 0. The summed E-state index contributed by atoms with van der Waals surface area (Å²) in [5.41, 5.74) is 0.641. The minimum atomic E-state index is -0.592. The van der Waals surface area contributed by atoms with Gasteiger partial charge in [0, 0.05) is 32.0 Å². The van der Waals surface area contributed by atoms with Gasteiger partial charge in [-0.25, -0.2) is 0 Å². The highest BCUT2D eigenvalue weighted by molar-refractivity contribution is 5.06. The third kappa shape index (κ3) is 3.16. The fourth-order valence-electron chi connectivity index (χ4n) is 1.27. The van der Waals surface area contributed by atoms with Crippen LogP contribution < -0.4 is 5.32 Å². The Balaban J connectivity index is 2.32. The number of aryl methyl sites for hydroxylation is 1. The van der Waals surface area contributed by atoms with Gasteiger partial charge >= 0.3 is 0 Å². The van der Waals surface area contributed by atoms with Gasteiger partial charge in [-0.15, -0.1) is 0 Å². The average Bonchev–Trinajstić information content (AvgIpc) is 2.52. The summed E-state index contributed by atoms with van der Waals surface area (Å²) in [6.45, 7) is 5.28. The van der Waals surface area contributed by atoms with Crippen LogP contribution in [0.25, 0.3) is 0 Å². The molecule has 0 radical (unpaired) electrons. The monoisotopic (exact) mass is 196 g/mol. The molecule has 0 saturated carbocycles. The molecule has 80 valence electrons. The van der Waals surface area contributed by atoms with Crippen LogP contribution in [0.4, 0.5) is 0 Å². The van der Waals surface area contributed by atoms with Gasteiger partial charge in [0.15, 0.2) is 0 Å². The average molecular weight is 196 g/mol. The van der Waals surface area contributed by atoms with Gasteiger partial charge in [0.05, 0.1) is 5.60 Å². The summed E-state index contributed by atoms with van der Waals surface area (Å²) < 4.78 is 2.08. The Morgan fingerprint density at radius 3 is 2.79 bits per heavy atom. The zero-order valence-electron chi connectivity index (χ0n) is 9.25. The fraction of sp³-hybridized carbons (Fsp3) is 0.636. The first-order chi connectivity index (χ1) is 6.55. The Morgan fingerprint density at radius 1 is 1.57 bits per heavy atom. The van der Waals surface area contributed by atoms with E-state index in [2.05, 4.69) is 16.0 Å². The molecular weight excluding hydrogens is 176 g/mol. The molecule has 1 atom stereocenters. The van der Waals surface area contributed by atoms with E-state index < -0.39 is 5.60 Å². The smallest absolute Gasteiger partial charge is 0.0741 e. The van der Waals surface area contributed by atoms with Crippen LogP contribution in [-0.2, 0) is 13.6 Å². The van der Waals surface area contributed by atoms with Crippen molar-refractivity contribution in [3.63, 3.8) is 0 Å². The molecule has 0 aliphatic rings. The Morgan fingerprint density at radius 2 is 2.29 bits per heavy atom. The number of aromatic nitrogens is 1. The molecule has 1 rings (SSSR count).